The summed E-state index contributed by atoms with van der Waals surface area (Å²) >= 11 is 0. The lowest BCUT2D eigenvalue weighted by atomic mass is 10.2. The van der Waals surface area contributed by atoms with Crippen LogP contribution in [0.25, 0.3) is 5.69 Å². The van der Waals surface area contributed by atoms with Crippen LogP contribution in [0.4, 0.5) is 5.82 Å². The van der Waals surface area contributed by atoms with Crippen LogP contribution in [0.15, 0.2) is 65.7 Å². The maximum Gasteiger partial charge on any atom is 0.343 e. The fourth-order valence-corrected chi connectivity index (χ4v) is 3.92. The van der Waals surface area contributed by atoms with Crippen molar-refractivity contribution in [1.29, 1.82) is 0 Å². The molecule has 0 aliphatic rings. The van der Waals surface area contributed by atoms with Crippen LogP contribution in [-0.2, 0) is 14.8 Å². The van der Waals surface area contributed by atoms with Crippen LogP contribution in [0.3, 0.4) is 0 Å². The first kappa shape index (κ1) is 18.7. The average molecular weight is 385 g/mol. The van der Waals surface area contributed by atoms with Crippen LogP contribution in [0, 0.1) is 6.92 Å². The molecule has 0 saturated heterocycles. The molecule has 8 heteroatoms. The smallest absolute Gasteiger partial charge is 0.343 e. The fourth-order valence-electron chi connectivity index (χ4n) is 2.61. The maximum atomic E-state index is 12.9. The van der Waals surface area contributed by atoms with Gasteiger partial charge in [0.25, 0.3) is 10.0 Å². The molecule has 3 rings (SSSR count). The van der Waals surface area contributed by atoms with E-state index in [1.165, 1.54) is 16.9 Å². The minimum absolute atomic E-state index is 0.0305. The van der Waals surface area contributed by atoms with Gasteiger partial charge in [-0.25, -0.2) is 17.9 Å². The van der Waals surface area contributed by atoms with E-state index in [4.69, 9.17) is 4.74 Å². The van der Waals surface area contributed by atoms with Crippen LogP contribution in [0.2, 0.25) is 0 Å². The molecular formula is C19H19N3O4S. The molecule has 0 aliphatic heterocycles. The first-order valence-electron chi connectivity index (χ1n) is 8.33. The summed E-state index contributed by atoms with van der Waals surface area (Å²) in [5, 5.41) is 4.18. The second-order valence-corrected chi connectivity index (χ2v) is 7.40. The Hall–Kier alpha value is -3.13. The number of aryl methyl sites for hydroxylation is 1. The van der Waals surface area contributed by atoms with Gasteiger partial charge in [0, 0.05) is 0 Å². The molecule has 0 fully saturated rings. The Morgan fingerprint density at radius 2 is 1.78 bits per heavy atom. The molecule has 0 aliphatic carbocycles. The number of rotatable bonds is 6. The number of para-hydroxylation sites is 1. The van der Waals surface area contributed by atoms with Gasteiger partial charge in [-0.2, -0.15) is 5.10 Å². The van der Waals surface area contributed by atoms with Gasteiger partial charge >= 0.3 is 5.97 Å². The summed E-state index contributed by atoms with van der Waals surface area (Å²) in [4.78, 5) is 12.4. The van der Waals surface area contributed by atoms with Crippen LogP contribution in [0.5, 0.6) is 0 Å². The molecule has 0 unspecified atom stereocenters. The Morgan fingerprint density at radius 3 is 2.44 bits per heavy atom. The predicted molar refractivity (Wildman–Crippen MR) is 102 cm³/mol. The highest BCUT2D eigenvalue weighted by molar-refractivity contribution is 7.92. The summed E-state index contributed by atoms with van der Waals surface area (Å²) in [6.07, 6.45) is 1.29. The number of carbonyl (C=O) groups excluding carboxylic acids is 1. The first-order chi connectivity index (χ1) is 12.9. The SMILES string of the molecule is CCOC(=O)c1cnn(-c2ccccc2)c1NS(=O)(=O)c1ccccc1C. The number of sulfonamides is 1. The van der Waals surface area contributed by atoms with Crippen LogP contribution < -0.4 is 4.72 Å². The van der Waals surface area contributed by atoms with Crippen molar-refractivity contribution >= 4 is 21.8 Å². The molecule has 0 radical (unpaired) electrons. The van der Waals surface area contributed by atoms with Gasteiger partial charge in [0.1, 0.15) is 5.56 Å². The molecule has 3 aromatic rings. The van der Waals surface area contributed by atoms with Gasteiger partial charge in [-0.3, -0.25) is 4.72 Å². The van der Waals surface area contributed by atoms with E-state index in [9.17, 15) is 13.2 Å². The van der Waals surface area contributed by atoms with Gasteiger partial charge in [-0.15, -0.1) is 0 Å². The molecule has 7 nitrogen and oxygen atoms in total. The Bertz CT molecular complexity index is 1060. The zero-order valence-electron chi connectivity index (χ0n) is 14.9. The van der Waals surface area contributed by atoms with Crippen molar-refractivity contribution in [2.45, 2.75) is 18.7 Å². The molecule has 0 spiro atoms. The highest BCUT2D eigenvalue weighted by Gasteiger charge is 2.25. The third-order valence-electron chi connectivity index (χ3n) is 3.88. The standard InChI is InChI=1S/C19H19N3O4S/c1-3-26-19(23)16-13-20-22(15-10-5-4-6-11-15)18(16)21-27(24,25)17-12-8-7-9-14(17)2/h4-13,21H,3H2,1-2H3. The number of esters is 1. The third kappa shape index (κ3) is 3.85. The van der Waals surface area contributed by atoms with Gasteiger partial charge in [0.2, 0.25) is 0 Å². The van der Waals surface area contributed by atoms with E-state index in [1.54, 1.807) is 56.3 Å². The van der Waals surface area contributed by atoms with Gasteiger partial charge < -0.3 is 4.74 Å². The van der Waals surface area contributed by atoms with Gasteiger partial charge in [-0.05, 0) is 37.6 Å². The molecule has 0 atom stereocenters. The molecule has 2 aromatic carbocycles. The number of carbonyl (C=O) groups is 1. The Balaban J connectivity index is 2.11. The average Bonchev–Trinajstić information content (AvgIpc) is 3.05. The quantitative estimate of drug-likeness (QED) is 0.658. The minimum atomic E-state index is -3.93. The van der Waals surface area contributed by atoms with Crippen molar-refractivity contribution in [2.24, 2.45) is 0 Å². The predicted octanol–water partition coefficient (Wildman–Crippen LogP) is 3.16. The van der Waals surface area contributed by atoms with Crippen molar-refractivity contribution < 1.29 is 17.9 Å². The highest BCUT2D eigenvalue weighted by Crippen LogP contribution is 2.25. The zero-order chi connectivity index (χ0) is 19.4. The van der Waals surface area contributed by atoms with E-state index < -0.39 is 16.0 Å². The van der Waals surface area contributed by atoms with E-state index in [0.29, 0.717) is 11.3 Å². The molecule has 0 saturated carbocycles. The van der Waals surface area contributed by atoms with Crippen LogP contribution >= 0.6 is 0 Å². The van der Waals surface area contributed by atoms with Crippen molar-refractivity contribution in [3.8, 4) is 5.69 Å². The maximum absolute atomic E-state index is 12.9. The number of anilines is 1. The van der Waals surface area contributed by atoms with E-state index in [1.807, 2.05) is 6.07 Å². The summed E-state index contributed by atoms with van der Waals surface area (Å²) in [5.74, 6) is -0.620. The topological polar surface area (TPSA) is 90.3 Å². The summed E-state index contributed by atoms with van der Waals surface area (Å²) in [6.45, 7) is 3.55. The molecule has 1 heterocycles. The largest absolute Gasteiger partial charge is 0.462 e. The monoisotopic (exact) mass is 385 g/mol. The van der Waals surface area contributed by atoms with Crippen LogP contribution in [-0.4, -0.2) is 30.8 Å². The Morgan fingerprint density at radius 1 is 1.11 bits per heavy atom. The molecule has 0 bridgehead atoms. The number of hydrogen-bond acceptors (Lipinski definition) is 5. The lowest BCUT2D eigenvalue weighted by Crippen LogP contribution is -2.19. The van der Waals surface area contributed by atoms with Crippen molar-refractivity contribution in [2.75, 3.05) is 11.3 Å². The van der Waals surface area contributed by atoms with Crippen molar-refractivity contribution in [3.63, 3.8) is 0 Å². The summed E-state index contributed by atoms with van der Waals surface area (Å²) in [6, 6.07) is 15.5. The number of nitrogens with zero attached hydrogens (tertiary/aromatic N) is 2. The van der Waals surface area contributed by atoms with E-state index in [2.05, 4.69) is 9.82 Å². The van der Waals surface area contributed by atoms with E-state index in [0.717, 1.165) is 0 Å². The number of ether oxygens (including phenoxy) is 1. The minimum Gasteiger partial charge on any atom is -0.462 e. The zero-order valence-corrected chi connectivity index (χ0v) is 15.7. The van der Waals surface area contributed by atoms with E-state index >= 15 is 0 Å². The number of nitrogens with one attached hydrogen (secondary N) is 1. The summed E-state index contributed by atoms with van der Waals surface area (Å²) in [5.41, 5.74) is 1.24. The second-order valence-electron chi connectivity index (χ2n) is 5.75. The normalized spacial score (nSPS) is 11.2. The third-order valence-corrected chi connectivity index (χ3v) is 5.38. The molecule has 27 heavy (non-hydrogen) atoms. The number of aromatic nitrogens is 2. The van der Waals surface area contributed by atoms with Crippen molar-refractivity contribution in [3.05, 3.63) is 71.9 Å². The number of hydrogen-bond donors (Lipinski definition) is 1. The molecule has 0 amide bonds. The summed E-state index contributed by atoms with van der Waals surface area (Å²) < 4.78 is 34.8. The first-order valence-corrected chi connectivity index (χ1v) is 9.81. The lowest BCUT2D eigenvalue weighted by molar-refractivity contribution is 0.0527. The van der Waals surface area contributed by atoms with Crippen LogP contribution in [0.1, 0.15) is 22.8 Å². The van der Waals surface area contributed by atoms with Gasteiger partial charge in [0.05, 0.1) is 23.4 Å². The Labute approximate surface area is 157 Å². The van der Waals surface area contributed by atoms with Gasteiger partial charge in [-0.1, -0.05) is 36.4 Å². The van der Waals surface area contributed by atoms with E-state index in [-0.39, 0.29) is 22.9 Å². The fraction of sp³-hybridized carbons (Fsp3) is 0.158. The van der Waals surface area contributed by atoms with Gasteiger partial charge in [0.15, 0.2) is 5.82 Å². The molecule has 1 N–H and O–H groups in total. The summed E-state index contributed by atoms with van der Waals surface area (Å²) in [7, 11) is -3.93. The molecule has 1 aromatic heterocycles. The molecule has 140 valence electrons. The lowest BCUT2D eigenvalue weighted by Gasteiger charge is -2.13. The number of benzene rings is 2. The highest BCUT2D eigenvalue weighted by atomic mass is 32.2. The second kappa shape index (κ2) is 7.63. The van der Waals surface area contributed by atoms with Crippen molar-refractivity contribution in [1.82, 2.24) is 9.78 Å². The Kier molecular flexibility index (Phi) is 5.27. The molecular weight excluding hydrogens is 366 g/mol.